The summed E-state index contributed by atoms with van der Waals surface area (Å²) in [5, 5.41) is 0.459. The molecule has 0 amide bonds. The van der Waals surface area contributed by atoms with E-state index in [1.807, 2.05) is 25.1 Å². The van der Waals surface area contributed by atoms with Gasteiger partial charge in [0, 0.05) is 0 Å². The molecule has 3 heteroatoms. The van der Waals surface area contributed by atoms with Gasteiger partial charge in [-0.2, -0.15) is 0 Å². The van der Waals surface area contributed by atoms with Crippen molar-refractivity contribution in [1.29, 1.82) is 0 Å². The normalized spacial score (nSPS) is 9.46. The molecule has 0 heterocycles. The van der Waals surface area contributed by atoms with E-state index >= 15 is 0 Å². The summed E-state index contributed by atoms with van der Waals surface area (Å²) < 4.78 is 10.1. The maximum Gasteiger partial charge on any atom is 0.194 e. The molecule has 0 aliphatic heterocycles. The fraction of sp³-hybridized carbons (Fsp3) is 0.300. The third kappa shape index (κ3) is 2.18. The van der Waals surface area contributed by atoms with Gasteiger partial charge in [0.1, 0.15) is 5.75 Å². The molecule has 1 aromatic carbocycles. The van der Waals surface area contributed by atoms with Crippen LogP contribution in [0, 0.1) is 6.92 Å². The van der Waals surface area contributed by atoms with E-state index in [-0.39, 0.29) is 0 Å². The Labute approximate surface area is 83.5 Å². The maximum absolute atomic E-state index is 5.16. The minimum atomic E-state index is 0.459. The fourth-order valence-electron chi connectivity index (χ4n) is 1.09. The molecular weight excluding hydrogens is 184 g/mol. The molecule has 0 aliphatic carbocycles. The highest BCUT2D eigenvalue weighted by Gasteiger charge is 2.07. The van der Waals surface area contributed by atoms with Crippen LogP contribution < -0.4 is 4.74 Å². The summed E-state index contributed by atoms with van der Waals surface area (Å²) in [6.07, 6.45) is 0. The first-order chi connectivity index (χ1) is 6.19. The summed E-state index contributed by atoms with van der Waals surface area (Å²) in [4.78, 5) is 0. The van der Waals surface area contributed by atoms with Crippen LogP contribution in [0.4, 0.5) is 0 Å². The minimum absolute atomic E-state index is 0.459. The largest absolute Gasteiger partial charge is 0.496 e. The van der Waals surface area contributed by atoms with Gasteiger partial charge in [-0.05, 0) is 31.3 Å². The summed E-state index contributed by atoms with van der Waals surface area (Å²) in [7, 11) is 3.18. The maximum atomic E-state index is 5.16. The summed E-state index contributed by atoms with van der Waals surface area (Å²) in [5.74, 6) is 0.748. The molecule has 0 bridgehead atoms. The number of methoxy groups -OCH3 is 2. The quantitative estimate of drug-likeness (QED) is 0.676. The Hall–Kier alpha value is -1.09. The van der Waals surface area contributed by atoms with Crippen LogP contribution in [-0.4, -0.2) is 19.3 Å². The van der Waals surface area contributed by atoms with E-state index in [2.05, 4.69) is 0 Å². The van der Waals surface area contributed by atoms with Crippen LogP contribution in [0.25, 0.3) is 0 Å². The lowest BCUT2D eigenvalue weighted by molar-refractivity contribution is 0.397. The highest BCUT2D eigenvalue weighted by atomic mass is 32.1. The van der Waals surface area contributed by atoms with E-state index in [0.717, 1.165) is 16.9 Å². The topological polar surface area (TPSA) is 18.5 Å². The van der Waals surface area contributed by atoms with Crippen LogP contribution >= 0.6 is 12.2 Å². The molecule has 0 aliphatic rings. The Morgan fingerprint density at radius 2 is 2.00 bits per heavy atom. The van der Waals surface area contributed by atoms with Gasteiger partial charge in [-0.25, -0.2) is 0 Å². The lowest BCUT2D eigenvalue weighted by Gasteiger charge is -2.08. The van der Waals surface area contributed by atoms with Gasteiger partial charge in [-0.1, -0.05) is 11.6 Å². The highest BCUT2D eigenvalue weighted by molar-refractivity contribution is 7.80. The van der Waals surface area contributed by atoms with Gasteiger partial charge in [-0.3, -0.25) is 0 Å². The first-order valence-electron chi connectivity index (χ1n) is 3.92. The second-order valence-electron chi connectivity index (χ2n) is 2.70. The second kappa shape index (κ2) is 4.23. The standard InChI is InChI=1S/C10H12O2S/c1-7-4-5-9(11-2)8(6-7)10(13)12-3/h4-6H,1-3H3. The smallest absolute Gasteiger partial charge is 0.194 e. The van der Waals surface area contributed by atoms with Gasteiger partial charge in [0.05, 0.1) is 19.8 Å². The highest BCUT2D eigenvalue weighted by Crippen LogP contribution is 2.20. The Morgan fingerprint density at radius 3 is 2.54 bits per heavy atom. The fourth-order valence-corrected chi connectivity index (χ4v) is 1.25. The summed E-state index contributed by atoms with van der Waals surface area (Å²) in [6, 6.07) is 5.81. The van der Waals surface area contributed by atoms with Crippen LogP contribution in [0.3, 0.4) is 0 Å². The van der Waals surface area contributed by atoms with Crippen molar-refractivity contribution in [2.75, 3.05) is 14.2 Å². The van der Waals surface area contributed by atoms with Crippen molar-refractivity contribution in [3.8, 4) is 5.75 Å². The van der Waals surface area contributed by atoms with E-state index in [9.17, 15) is 0 Å². The molecule has 0 spiro atoms. The minimum Gasteiger partial charge on any atom is -0.496 e. The number of ether oxygens (including phenoxy) is 2. The monoisotopic (exact) mass is 196 g/mol. The number of rotatable bonds is 2. The Balaban J connectivity index is 3.15. The number of hydrogen-bond acceptors (Lipinski definition) is 3. The van der Waals surface area contributed by atoms with E-state index in [0.29, 0.717) is 5.05 Å². The van der Waals surface area contributed by atoms with Gasteiger partial charge in [0.2, 0.25) is 0 Å². The van der Waals surface area contributed by atoms with Crippen molar-refractivity contribution in [3.05, 3.63) is 29.3 Å². The summed E-state index contributed by atoms with van der Waals surface area (Å²) in [6.45, 7) is 2.00. The Kier molecular flexibility index (Phi) is 3.25. The van der Waals surface area contributed by atoms with E-state index in [1.165, 1.54) is 0 Å². The SMILES string of the molecule is COC(=S)c1cc(C)ccc1OC. The molecule has 0 N–H and O–H groups in total. The number of aryl methyl sites for hydroxylation is 1. The molecule has 13 heavy (non-hydrogen) atoms. The van der Waals surface area contributed by atoms with Gasteiger partial charge < -0.3 is 9.47 Å². The summed E-state index contributed by atoms with van der Waals surface area (Å²) in [5.41, 5.74) is 1.97. The summed E-state index contributed by atoms with van der Waals surface area (Å²) >= 11 is 5.03. The molecule has 2 nitrogen and oxygen atoms in total. The van der Waals surface area contributed by atoms with E-state index < -0.39 is 0 Å². The number of thiocarbonyl (C=S) groups is 1. The number of hydrogen-bond donors (Lipinski definition) is 0. The molecule has 0 saturated heterocycles. The first-order valence-corrected chi connectivity index (χ1v) is 4.33. The predicted molar refractivity (Wildman–Crippen MR) is 56.4 cm³/mol. The van der Waals surface area contributed by atoms with Gasteiger partial charge >= 0.3 is 0 Å². The van der Waals surface area contributed by atoms with Crippen LogP contribution in [0.1, 0.15) is 11.1 Å². The molecule has 0 saturated carbocycles. The zero-order valence-corrected chi connectivity index (χ0v) is 8.77. The van der Waals surface area contributed by atoms with Crippen molar-refractivity contribution in [2.24, 2.45) is 0 Å². The molecule has 0 aromatic heterocycles. The average molecular weight is 196 g/mol. The van der Waals surface area contributed by atoms with Gasteiger partial charge in [-0.15, -0.1) is 0 Å². The Bertz CT molecular complexity index is 321. The lowest BCUT2D eigenvalue weighted by atomic mass is 10.1. The van der Waals surface area contributed by atoms with Gasteiger partial charge in [0.25, 0.3) is 0 Å². The van der Waals surface area contributed by atoms with Crippen LogP contribution in [0.15, 0.2) is 18.2 Å². The third-order valence-corrected chi connectivity index (χ3v) is 2.15. The van der Waals surface area contributed by atoms with Crippen LogP contribution in [0.5, 0.6) is 5.75 Å². The molecular formula is C10H12O2S. The molecule has 0 atom stereocenters. The second-order valence-corrected chi connectivity index (χ2v) is 3.07. The molecule has 1 aromatic rings. The van der Waals surface area contributed by atoms with Crippen molar-refractivity contribution < 1.29 is 9.47 Å². The van der Waals surface area contributed by atoms with Crippen molar-refractivity contribution in [3.63, 3.8) is 0 Å². The number of benzene rings is 1. The lowest BCUT2D eigenvalue weighted by Crippen LogP contribution is -2.02. The van der Waals surface area contributed by atoms with E-state index in [1.54, 1.807) is 14.2 Å². The van der Waals surface area contributed by atoms with Crippen molar-refractivity contribution in [1.82, 2.24) is 0 Å². The van der Waals surface area contributed by atoms with Crippen LogP contribution in [0.2, 0.25) is 0 Å². The molecule has 0 unspecified atom stereocenters. The predicted octanol–water partition coefficient (Wildman–Crippen LogP) is 2.33. The third-order valence-electron chi connectivity index (χ3n) is 1.76. The molecule has 0 fully saturated rings. The van der Waals surface area contributed by atoms with Crippen LogP contribution in [-0.2, 0) is 4.74 Å². The molecule has 1 rings (SSSR count). The van der Waals surface area contributed by atoms with Crippen molar-refractivity contribution >= 4 is 17.3 Å². The molecule has 0 radical (unpaired) electrons. The van der Waals surface area contributed by atoms with Gasteiger partial charge in [0.15, 0.2) is 5.05 Å². The average Bonchev–Trinajstić information content (AvgIpc) is 2.16. The zero-order chi connectivity index (χ0) is 9.84. The molecule has 70 valence electrons. The Morgan fingerprint density at radius 1 is 1.31 bits per heavy atom. The van der Waals surface area contributed by atoms with E-state index in [4.69, 9.17) is 21.7 Å². The first kappa shape index (κ1) is 9.99. The van der Waals surface area contributed by atoms with Crippen molar-refractivity contribution in [2.45, 2.75) is 6.92 Å². The zero-order valence-electron chi connectivity index (χ0n) is 7.96.